The van der Waals surface area contributed by atoms with E-state index in [-0.39, 0.29) is 0 Å². The quantitative estimate of drug-likeness (QED) is 0.654. The summed E-state index contributed by atoms with van der Waals surface area (Å²) in [5, 5.41) is 3.35. The Hall–Kier alpha value is -1.17. The van der Waals surface area contributed by atoms with Crippen molar-refractivity contribution >= 4 is 0 Å². The van der Waals surface area contributed by atoms with Crippen LogP contribution >= 0.6 is 0 Å². The van der Waals surface area contributed by atoms with Crippen LogP contribution in [0.3, 0.4) is 0 Å². The van der Waals surface area contributed by atoms with Gasteiger partial charge in [0.05, 0.1) is 19.8 Å². The van der Waals surface area contributed by atoms with Crippen LogP contribution in [0.2, 0.25) is 0 Å². The highest BCUT2D eigenvalue weighted by Crippen LogP contribution is 2.16. The lowest BCUT2D eigenvalue weighted by molar-refractivity contribution is 0.0542. The summed E-state index contributed by atoms with van der Waals surface area (Å²) >= 11 is 0. The van der Waals surface area contributed by atoms with Gasteiger partial charge in [-0.15, -0.1) is 0 Å². The van der Waals surface area contributed by atoms with Crippen LogP contribution in [-0.4, -0.2) is 44.6 Å². The first kappa shape index (κ1) is 15.9. The van der Waals surface area contributed by atoms with Gasteiger partial charge in [0.25, 0.3) is 0 Å². The van der Waals surface area contributed by atoms with Crippen molar-refractivity contribution in [1.82, 2.24) is 10.3 Å². The second-order valence-electron chi connectivity index (χ2n) is 4.47. The summed E-state index contributed by atoms with van der Waals surface area (Å²) < 4.78 is 16.0. The fourth-order valence-corrected chi connectivity index (χ4v) is 1.46. The molecule has 0 saturated carbocycles. The molecule has 1 rings (SSSR count). The molecule has 5 nitrogen and oxygen atoms in total. The normalized spacial score (nSPS) is 10.9. The van der Waals surface area contributed by atoms with Crippen LogP contribution < -0.4 is 10.1 Å². The highest BCUT2D eigenvalue weighted by molar-refractivity contribution is 5.29. The van der Waals surface area contributed by atoms with Gasteiger partial charge < -0.3 is 19.5 Å². The van der Waals surface area contributed by atoms with Crippen LogP contribution in [0.15, 0.2) is 18.5 Å². The molecule has 0 bridgehead atoms. The molecule has 0 radical (unpaired) electrons. The number of pyridine rings is 1. The molecule has 0 aromatic carbocycles. The number of hydrogen-bond donors (Lipinski definition) is 1. The zero-order chi connectivity index (χ0) is 13.9. The predicted molar refractivity (Wildman–Crippen MR) is 74.4 cm³/mol. The zero-order valence-corrected chi connectivity index (χ0v) is 12.0. The molecule has 0 amide bonds. The first-order chi connectivity index (χ1) is 9.24. The Morgan fingerprint density at radius 1 is 1.21 bits per heavy atom. The van der Waals surface area contributed by atoms with Gasteiger partial charge in [0.15, 0.2) is 0 Å². The number of nitrogens with one attached hydrogen (secondary N) is 1. The molecule has 5 heteroatoms. The zero-order valence-electron chi connectivity index (χ0n) is 12.0. The minimum atomic E-state index is 0.436. The van der Waals surface area contributed by atoms with E-state index >= 15 is 0 Å². The molecular formula is C14H24N2O3. The van der Waals surface area contributed by atoms with Crippen LogP contribution in [0.25, 0.3) is 0 Å². The lowest BCUT2D eigenvalue weighted by Gasteiger charge is -2.13. The van der Waals surface area contributed by atoms with Crippen molar-refractivity contribution < 1.29 is 14.2 Å². The molecule has 0 aliphatic carbocycles. The molecule has 0 fully saturated rings. The van der Waals surface area contributed by atoms with Crippen LogP contribution in [0.5, 0.6) is 5.75 Å². The molecule has 1 aromatic rings. The van der Waals surface area contributed by atoms with Gasteiger partial charge in [-0.2, -0.15) is 0 Å². The van der Waals surface area contributed by atoms with Crippen molar-refractivity contribution in [1.29, 1.82) is 0 Å². The standard InChI is InChI=1S/C14H24N2O3/c1-12(2)16-11-13-10-15-5-4-14(13)19-9-8-18-7-6-17-3/h4-5,10,12,16H,6-9,11H2,1-3H3. The highest BCUT2D eigenvalue weighted by Gasteiger charge is 2.04. The average Bonchev–Trinajstić information content (AvgIpc) is 2.41. The summed E-state index contributed by atoms with van der Waals surface area (Å²) in [5.41, 5.74) is 1.06. The summed E-state index contributed by atoms with van der Waals surface area (Å²) in [6.45, 7) is 7.27. The number of nitrogens with zero attached hydrogens (tertiary/aromatic N) is 1. The van der Waals surface area contributed by atoms with Gasteiger partial charge in [0.2, 0.25) is 0 Å². The summed E-state index contributed by atoms with van der Waals surface area (Å²) in [7, 11) is 1.66. The maximum atomic E-state index is 5.70. The van der Waals surface area contributed by atoms with E-state index in [0.717, 1.165) is 17.9 Å². The van der Waals surface area contributed by atoms with E-state index in [1.165, 1.54) is 0 Å². The maximum absolute atomic E-state index is 5.70. The average molecular weight is 268 g/mol. The number of hydrogen-bond acceptors (Lipinski definition) is 5. The smallest absolute Gasteiger partial charge is 0.126 e. The van der Waals surface area contributed by atoms with Gasteiger partial charge in [-0.05, 0) is 6.07 Å². The third-order valence-corrected chi connectivity index (χ3v) is 2.48. The third-order valence-electron chi connectivity index (χ3n) is 2.48. The predicted octanol–water partition coefficient (Wildman–Crippen LogP) is 1.62. The molecule has 0 aliphatic heterocycles. The van der Waals surface area contributed by atoms with E-state index < -0.39 is 0 Å². The van der Waals surface area contributed by atoms with Gasteiger partial charge in [-0.3, -0.25) is 4.98 Å². The summed E-state index contributed by atoms with van der Waals surface area (Å²) in [6, 6.07) is 2.32. The Morgan fingerprint density at radius 2 is 2.00 bits per heavy atom. The lowest BCUT2D eigenvalue weighted by Crippen LogP contribution is -2.22. The van der Waals surface area contributed by atoms with E-state index in [0.29, 0.717) is 32.5 Å². The first-order valence-electron chi connectivity index (χ1n) is 6.59. The Balaban J connectivity index is 2.31. The van der Waals surface area contributed by atoms with Crippen molar-refractivity contribution in [2.75, 3.05) is 33.5 Å². The summed E-state index contributed by atoms with van der Waals surface area (Å²) in [6.07, 6.45) is 3.57. The molecule has 108 valence electrons. The van der Waals surface area contributed by atoms with E-state index in [2.05, 4.69) is 24.1 Å². The van der Waals surface area contributed by atoms with Crippen molar-refractivity contribution in [2.45, 2.75) is 26.4 Å². The Morgan fingerprint density at radius 3 is 2.74 bits per heavy atom. The number of rotatable bonds is 10. The molecule has 0 aliphatic rings. The molecule has 1 aromatic heterocycles. The van der Waals surface area contributed by atoms with Gasteiger partial charge in [0, 0.05) is 37.7 Å². The van der Waals surface area contributed by atoms with Crippen molar-refractivity contribution in [3.05, 3.63) is 24.0 Å². The Labute approximate surface area is 115 Å². The Kier molecular flexibility index (Phi) is 8.13. The summed E-state index contributed by atoms with van der Waals surface area (Å²) in [4.78, 5) is 4.12. The van der Waals surface area contributed by atoms with Crippen molar-refractivity contribution in [3.8, 4) is 5.75 Å². The molecule has 0 saturated heterocycles. The first-order valence-corrected chi connectivity index (χ1v) is 6.59. The van der Waals surface area contributed by atoms with Crippen LogP contribution in [0, 0.1) is 0 Å². The van der Waals surface area contributed by atoms with Gasteiger partial charge >= 0.3 is 0 Å². The number of aromatic nitrogens is 1. The minimum absolute atomic E-state index is 0.436. The molecule has 0 spiro atoms. The lowest BCUT2D eigenvalue weighted by atomic mass is 10.2. The topological polar surface area (TPSA) is 52.6 Å². The summed E-state index contributed by atoms with van der Waals surface area (Å²) in [5.74, 6) is 0.860. The maximum Gasteiger partial charge on any atom is 0.126 e. The third kappa shape index (κ3) is 7.10. The second kappa shape index (κ2) is 9.72. The Bertz CT molecular complexity index is 345. The fourth-order valence-electron chi connectivity index (χ4n) is 1.46. The van der Waals surface area contributed by atoms with Crippen molar-refractivity contribution in [2.24, 2.45) is 0 Å². The second-order valence-corrected chi connectivity index (χ2v) is 4.47. The molecule has 1 heterocycles. The van der Waals surface area contributed by atoms with Gasteiger partial charge in [-0.1, -0.05) is 13.8 Å². The van der Waals surface area contributed by atoms with Crippen molar-refractivity contribution in [3.63, 3.8) is 0 Å². The molecule has 0 unspecified atom stereocenters. The SMILES string of the molecule is COCCOCCOc1ccncc1CNC(C)C. The number of ether oxygens (including phenoxy) is 3. The van der Waals surface area contributed by atoms with E-state index in [9.17, 15) is 0 Å². The van der Waals surface area contributed by atoms with Gasteiger partial charge in [0.1, 0.15) is 12.4 Å². The molecule has 0 atom stereocenters. The fraction of sp³-hybridized carbons (Fsp3) is 0.643. The van der Waals surface area contributed by atoms with E-state index in [4.69, 9.17) is 14.2 Å². The molecule has 19 heavy (non-hydrogen) atoms. The minimum Gasteiger partial charge on any atom is -0.491 e. The van der Waals surface area contributed by atoms with Crippen LogP contribution in [-0.2, 0) is 16.0 Å². The highest BCUT2D eigenvalue weighted by atomic mass is 16.5. The largest absolute Gasteiger partial charge is 0.491 e. The molecule has 1 N–H and O–H groups in total. The van der Waals surface area contributed by atoms with Crippen LogP contribution in [0.1, 0.15) is 19.4 Å². The molecular weight excluding hydrogens is 244 g/mol. The van der Waals surface area contributed by atoms with E-state index in [1.54, 1.807) is 13.3 Å². The van der Waals surface area contributed by atoms with Gasteiger partial charge in [-0.25, -0.2) is 0 Å². The van der Waals surface area contributed by atoms with E-state index in [1.807, 2.05) is 12.3 Å². The number of methoxy groups -OCH3 is 1. The van der Waals surface area contributed by atoms with Crippen LogP contribution in [0.4, 0.5) is 0 Å². The monoisotopic (exact) mass is 268 g/mol.